The molecular weight excluding hydrogens is 224 g/mol. The predicted octanol–water partition coefficient (Wildman–Crippen LogP) is 0.400. The first-order chi connectivity index (χ1) is 7.83. The third-order valence-electron chi connectivity index (χ3n) is 2.22. The normalized spacial score (nSPS) is 20.4. The molecule has 0 radical (unpaired) electrons. The van der Waals surface area contributed by atoms with Crippen LogP contribution in [0.15, 0.2) is 12.7 Å². The first-order valence-corrected chi connectivity index (χ1v) is 6.76. The van der Waals surface area contributed by atoms with E-state index in [9.17, 15) is 4.79 Å². The van der Waals surface area contributed by atoms with Gasteiger partial charge in [-0.05, 0) is 0 Å². The number of morpholine rings is 1. The van der Waals surface area contributed by atoms with E-state index >= 15 is 0 Å². The highest BCUT2D eigenvalue weighted by Gasteiger charge is 2.16. The van der Waals surface area contributed by atoms with Gasteiger partial charge in [-0.2, -0.15) is 11.8 Å². The van der Waals surface area contributed by atoms with Gasteiger partial charge >= 0.3 is 0 Å². The van der Waals surface area contributed by atoms with Crippen LogP contribution in [0.1, 0.15) is 6.42 Å². The number of ether oxygens (including phenoxy) is 1. The summed E-state index contributed by atoms with van der Waals surface area (Å²) in [7, 11) is 0. The van der Waals surface area contributed by atoms with Gasteiger partial charge in [0.25, 0.3) is 0 Å². The molecule has 92 valence electrons. The number of carbonyl (C=O) groups is 1. The molecule has 0 spiro atoms. The fraction of sp³-hybridized carbons (Fsp3) is 0.727. The molecule has 1 heterocycles. The summed E-state index contributed by atoms with van der Waals surface area (Å²) in [6, 6.07) is 0. The van der Waals surface area contributed by atoms with E-state index in [4.69, 9.17) is 4.74 Å². The van der Waals surface area contributed by atoms with E-state index in [1.54, 1.807) is 11.8 Å². The number of thioether (sulfide) groups is 1. The van der Waals surface area contributed by atoms with Crippen LogP contribution in [0, 0.1) is 0 Å². The van der Waals surface area contributed by atoms with Gasteiger partial charge in [0.15, 0.2) is 0 Å². The average Bonchev–Trinajstić information content (AvgIpc) is 2.30. The maximum absolute atomic E-state index is 11.5. The Hall–Kier alpha value is -0.520. The molecule has 1 unspecified atom stereocenters. The third kappa shape index (κ3) is 6.15. The van der Waals surface area contributed by atoms with Crippen molar-refractivity contribution in [3.8, 4) is 0 Å². The van der Waals surface area contributed by atoms with Crippen molar-refractivity contribution in [1.82, 2.24) is 10.6 Å². The van der Waals surface area contributed by atoms with Crippen LogP contribution in [-0.2, 0) is 9.53 Å². The van der Waals surface area contributed by atoms with Crippen LogP contribution >= 0.6 is 11.8 Å². The molecule has 1 saturated heterocycles. The molecule has 0 aromatic rings. The highest BCUT2D eigenvalue weighted by Crippen LogP contribution is 2.01. The first-order valence-electron chi connectivity index (χ1n) is 5.60. The van der Waals surface area contributed by atoms with Crippen LogP contribution in [0.5, 0.6) is 0 Å². The summed E-state index contributed by atoms with van der Waals surface area (Å²) in [6.45, 7) is 6.72. The number of hydrogen-bond donors (Lipinski definition) is 2. The number of amides is 1. The molecule has 1 amide bonds. The van der Waals surface area contributed by atoms with Crippen molar-refractivity contribution in [1.29, 1.82) is 0 Å². The molecule has 0 aromatic heterocycles. The standard InChI is InChI=1S/C11H20N2O2S/c1-2-6-16-7-4-13-11(14)8-10-9-12-3-5-15-10/h2,10,12H,1,3-9H2,(H,13,14). The lowest BCUT2D eigenvalue weighted by atomic mass is 10.2. The Bertz CT molecular complexity index is 218. The van der Waals surface area contributed by atoms with Crippen molar-refractivity contribution in [2.75, 3.05) is 37.7 Å². The van der Waals surface area contributed by atoms with Gasteiger partial charge in [-0.3, -0.25) is 4.79 Å². The van der Waals surface area contributed by atoms with Crippen LogP contribution < -0.4 is 10.6 Å². The Morgan fingerprint density at radius 2 is 2.56 bits per heavy atom. The molecule has 5 heteroatoms. The minimum Gasteiger partial charge on any atom is -0.375 e. The molecule has 16 heavy (non-hydrogen) atoms. The maximum atomic E-state index is 11.5. The molecule has 0 bridgehead atoms. The predicted molar refractivity (Wildman–Crippen MR) is 67.8 cm³/mol. The smallest absolute Gasteiger partial charge is 0.222 e. The zero-order valence-electron chi connectivity index (χ0n) is 9.54. The molecule has 0 saturated carbocycles. The van der Waals surface area contributed by atoms with Crippen LogP contribution in [0.4, 0.5) is 0 Å². The number of nitrogens with one attached hydrogen (secondary N) is 2. The molecule has 0 aromatic carbocycles. The second kappa shape index (κ2) is 8.61. The van der Waals surface area contributed by atoms with Crippen molar-refractivity contribution >= 4 is 17.7 Å². The lowest BCUT2D eigenvalue weighted by molar-refractivity contribution is -0.124. The first kappa shape index (κ1) is 13.5. The van der Waals surface area contributed by atoms with Gasteiger partial charge in [-0.1, -0.05) is 6.08 Å². The number of carbonyl (C=O) groups excluding carboxylic acids is 1. The largest absolute Gasteiger partial charge is 0.375 e. The second-order valence-electron chi connectivity index (χ2n) is 3.61. The SMILES string of the molecule is C=CCSCCNC(=O)CC1CNCCO1. The Labute approximate surface area is 101 Å². The van der Waals surface area contributed by atoms with E-state index < -0.39 is 0 Å². The van der Waals surface area contributed by atoms with Crippen molar-refractivity contribution in [3.05, 3.63) is 12.7 Å². The highest BCUT2D eigenvalue weighted by atomic mass is 32.2. The molecule has 1 rings (SSSR count). The van der Waals surface area contributed by atoms with Gasteiger partial charge in [-0.25, -0.2) is 0 Å². The van der Waals surface area contributed by atoms with Crippen molar-refractivity contribution in [2.45, 2.75) is 12.5 Å². The summed E-state index contributed by atoms with van der Waals surface area (Å²) in [5.74, 6) is 1.94. The van der Waals surface area contributed by atoms with Gasteiger partial charge in [0.1, 0.15) is 0 Å². The molecular formula is C11H20N2O2S. The van der Waals surface area contributed by atoms with Crippen molar-refractivity contribution < 1.29 is 9.53 Å². The van der Waals surface area contributed by atoms with Crippen LogP contribution in [-0.4, -0.2) is 49.8 Å². The minimum atomic E-state index is 0.0366. The monoisotopic (exact) mass is 244 g/mol. The average molecular weight is 244 g/mol. The van der Waals surface area contributed by atoms with Crippen LogP contribution in [0.2, 0.25) is 0 Å². The van der Waals surface area contributed by atoms with E-state index in [0.29, 0.717) is 13.0 Å². The minimum absolute atomic E-state index is 0.0366. The number of rotatable bonds is 7. The zero-order chi connectivity index (χ0) is 11.6. The van der Waals surface area contributed by atoms with Crippen molar-refractivity contribution in [3.63, 3.8) is 0 Å². The van der Waals surface area contributed by atoms with Gasteiger partial charge in [0.2, 0.25) is 5.91 Å². The molecule has 1 atom stereocenters. The van der Waals surface area contributed by atoms with E-state index in [1.165, 1.54) is 0 Å². The topological polar surface area (TPSA) is 50.4 Å². The third-order valence-corrected chi connectivity index (χ3v) is 3.19. The second-order valence-corrected chi connectivity index (χ2v) is 4.76. The van der Waals surface area contributed by atoms with Crippen LogP contribution in [0.3, 0.4) is 0 Å². The molecule has 2 N–H and O–H groups in total. The quantitative estimate of drug-likeness (QED) is 0.503. The Morgan fingerprint density at radius 3 is 3.25 bits per heavy atom. The highest BCUT2D eigenvalue weighted by molar-refractivity contribution is 7.99. The van der Waals surface area contributed by atoms with Gasteiger partial charge in [-0.15, -0.1) is 6.58 Å². The Balaban J connectivity index is 1.99. The van der Waals surface area contributed by atoms with E-state index in [-0.39, 0.29) is 12.0 Å². The van der Waals surface area contributed by atoms with E-state index in [0.717, 1.165) is 31.1 Å². The summed E-state index contributed by atoms with van der Waals surface area (Å²) >= 11 is 1.76. The number of hydrogen-bond acceptors (Lipinski definition) is 4. The molecule has 1 aliphatic heterocycles. The van der Waals surface area contributed by atoms with E-state index in [2.05, 4.69) is 17.2 Å². The Kier molecular flexibility index (Phi) is 7.29. The molecule has 4 nitrogen and oxygen atoms in total. The van der Waals surface area contributed by atoms with Gasteiger partial charge < -0.3 is 15.4 Å². The van der Waals surface area contributed by atoms with Crippen LogP contribution in [0.25, 0.3) is 0 Å². The lowest BCUT2D eigenvalue weighted by Gasteiger charge is -2.22. The summed E-state index contributed by atoms with van der Waals surface area (Å²) in [6.07, 6.45) is 2.36. The van der Waals surface area contributed by atoms with E-state index in [1.807, 2.05) is 6.08 Å². The summed E-state index contributed by atoms with van der Waals surface area (Å²) in [5.41, 5.74) is 0. The zero-order valence-corrected chi connectivity index (χ0v) is 10.4. The summed E-state index contributed by atoms with van der Waals surface area (Å²) in [5, 5.41) is 6.09. The molecule has 1 aliphatic rings. The fourth-order valence-corrected chi connectivity index (χ4v) is 2.04. The van der Waals surface area contributed by atoms with Crippen molar-refractivity contribution in [2.24, 2.45) is 0 Å². The van der Waals surface area contributed by atoms with Gasteiger partial charge in [0, 0.05) is 31.1 Å². The fourth-order valence-electron chi connectivity index (χ4n) is 1.46. The lowest BCUT2D eigenvalue weighted by Crippen LogP contribution is -2.41. The summed E-state index contributed by atoms with van der Waals surface area (Å²) in [4.78, 5) is 11.5. The molecule has 0 aliphatic carbocycles. The van der Waals surface area contributed by atoms with Gasteiger partial charge in [0.05, 0.1) is 19.1 Å². The Morgan fingerprint density at radius 1 is 1.69 bits per heavy atom. The summed E-state index contributed by atoms with van der Waals surface area (Å²) < 4.78 is 5.45. The molecule has 1 fully saturated rings. The maximum Gasteiger partial charge on any atom is 0.222 e.